The number of tetrazole rings is 1. The lowest BCUT2D eigenvalue weighted by Crippen LogP contribution is -2.37. The van der Waals surface area contributed by atoms with Gasteiger partial charge in [0.2, 0.25) is 11.7 Å². The highest BCUT2D eigenvalue weighted by molar-refractivity contribution is 5.96. The number of nitrogens with zero attached hydrogens (tertiary/aromatic N) is 5. The first-order chi connectivity index (χ1) is 14.9. The van der Waals surface area contributed by atoms with Crippen molar-refractivity contribution < 1.29 is 14.3 Å². The molecule has 0 bridgehead atoms. The maximum Gasteiger partial charge on any atom is 0.337 e. The van der Waals surface area contributed by atoms with E-state index in [1.807, 2.05) is 51.1 Å². The molecule has 0 unspecified atom stereocenters. The molecule has 8 nitrogen and oxygen atoms in total. The van der Waals surface area contributed by atoms with Crippen LogP contribution in [0.1, 0.15) is 42.6 Å². The second kappa shape index (κ2) is 9.97. The second-order valence-electron chi connectivity index (χ2n) is 7.53. The van der Waals surface area contributed by atoms with Gasteiger partial charge in [0.15, 0.2) is 0 Å². The van der Waals surface area contributed by atoms with Crippen LogP contribution in [0.4, 0.5) is 5.69 Å². The van der Waals surface area contributed by atoms with E-state index in [1.54, 1.807) is 23.1 Å². The van der Waals surface area contributed by atoms with Gasteiger partial charge >= 0.3 is 5.97 Å². The van der Waals surface area contributed by atoms with Gasteiger partial charge in [-0.1, -0.05) is 30.3 Å². The van der Waals surface area contributed by atoms with Crippen LogP contribution in [0, 0.1) is 6.92 Å². The third kappa shape index (κ3) is 5.33. The average molecular weight is 422 g/mol. The number of amides is 1. The summed E-state index contributed by atoms with van der Waals surface area (Å²) in [7, 11) is 1.35. The zero-order valence-electron chi connectivity index (χ0n) is 18.3. The van der Waals surface area contributed by atoms with E-state index in [4.69, 9.17) is 4.74 Å². The Morgan fingerprint density at radius 3 is 2.52 bits per heavy atom. The number of hydrogen-bond donors (Lipinski definition) is 0. The fraction of sp³-hybridized carbons (Fsp3) is 0.348. The number of rotatable bonds is 8. The normalized spacial score (nSPS) is 10.9. The number of methoxy groups -OCH3 is 1. The molecule has 1 heterocycles. The highest BCUT2D eigenvalue weighted by atomic mass is 16.5. The van der Waals surface area contributed by atoms with Crippen LogP contribution in [0.5, 0.6) is 0 Å². The molecule has 0 atom stereocenters. The quantitative estimate of drug-likeness (QED) is 0.516. The van der Waals surface area contributed by atoms with Crippen LogP contribution >= 0.6 is 0 Å². The van der Waals surface area contributed by atoms with Crippen LogP contribution in [0.3, 0.4) is 0 Å². The lowest BCUT2D eigenvalue weighted by molar-refractivity contribution is -0.119. The number of aryl methyl sites for hydroxylation is 2. The maximum atomic E-state index is 13.0. The molecule has 1 aromatic heterocycles. The molecule has 162 valence electrons. The van der Waals surface area contributed by atoms with Crippen LogP contribution in [0.2, 0.25) is 0 Å². The molecule has 0 aliphatic carbocycles. The topological polar surface area (TPSA) is 90.2 Å². The van der Waals surface area contributed by atoms with Crippen LogP contribution in [-0.2, 0) is 16.1 Å². The van der Waals surface area contributed by atoms with Crippen molar-refractivity contribution in [2.45, 2.75) is 46.2 Å². The number of hydrogen-bond acceptors (Lipinski definition) is 6. The molecule has 0 radical (unpaired) electrons. The standard InChI is InChI=1S/C23H27N5O3/c1-16(2)28(20-13-12-19(15-17(20)3)23(30)31-4)21(29)11-8-14-27-25-22(24-26-27)18-9-6-5-7-10-18/h5-7,9-10,12-13,15-16H,8,11,14H2,1-4H3. The lowest BCUT2D eigenvalue weighted by atomic mass is 10.1. The summed E-state index contributed by atoms with van der Waals surface area (Å²) in [5.41, 5.74) is 3.00. The molecular weight excluding hydrogens is 394 g/mol. The Morgan fingerprint density at radius 1 is 1.13 bits per heavy atom. The van der Waals surface area contributed by atoms with E-state index >= 15 is 0 Å². The smallest absolute Gasteiger partial charge is 0.337 e. The van der Waals surface area contributed by atoms with Crippen molar-refractivity contribution in [1.82, 2.24) is 20.2 Å². The predicted octanol–water partition coefficient (Wildman–Crippen LogP) is 3.66. The van der Waals surface area contributed by atoms with E-state index in [9.17, 15) is 9.59 Å². The van der Waals surface area contributed by atoms with Gasteiger partial charge in [-0.15, -0.1) is 10.2 Å². The zero-order valence-corrected chi connectivity index (χ0v) is 18.3. The van der Waals surface area contributed by atoms with Crippen molar-refractivity contribution in [3.05, 3.63) is 59.7 Å². The molecule has 0 N–H and O–H groups in total. The fourth-order valence-electron chi connectivity index (χ4n) is 3.40. The van der Waals surface area contributed by atoms with E-state index in [1.165, 1.54) is 11.9 Å². The number of carbonyl (C=O) groups is 2. The number of esters is 1. The van der Waals surface area contributed by atoms with E-state index < -0.39 is 5.97 Å². The summed E-state index contributed by atoms with van der Waals surface area (Å²) in [4.78, 5) is 28.0. The molecule has 3 rings (SSSR count). The Labute approximate surface area is 181 Å². The van der Waals surface area contributed by atoms with E-state index in [0.29, 0.717) is 30.8 Å². The van der Waals surface area contributed by atoms with Gasteiger partial charge in [0, 0.05) is 23.7 Å². The highest BCUT2D eigenvalue weighted by Crippen LogP contribution is 2.25. The van der Waals surface area contributed by atoms with Gasteiger partial charge in [0.1, 0.15) is 0 Å². The van der Waals surface area contributed by atoms with Crippen molar-refractivity contribution >= 4 is 17.6 Å². The summed E-state index contributed by atoms with van der Waals surface area (Å²) in [6, 6.07) is 14.8. The monoisotopic (exact) mass is 421 g/mol. The van der Waals surface area contributed by atoms with Crippen LogP contribution in [0.15, 0.2) is 48.5 Å². The van der Waals surface area contributed by atoms with E-state index in [2.05, 4.69) is 15.4 Å². The molecular formula is C23H27N5O3. The van der Waals surface area contributed by atoms with Crippen LogP contribution in [-0.4, -0.2) is 45.2 Å². The first kappa shape index (κ1) is 22.1. The molecule has 0 aliphatic rings. The van der Waals surface area contributed by atoms with Gasteiger partial charge in [-0.25, -0.2) is 4.79 Å². The Balaban J connectivity index is 1.64. The third-order valence-electron chi connectivity index (χ3n) is 4.90. The Bertz CT molecular complexity index is 1050. The van der Waals surface area contributed by atoms with Gasteiger partial charge < -0.3 is 9.64 Å². The Hall–Kier alpha value is -3.55. The molecule has 31 heavy (non-hydrogen) atoms. The highest BCUT2D eigenvalue weighted by Gasteiger charge is 2.21. The number of anilines is 1. The van der Waals surface area contributed by atoms with Gasteiger partial charge in [-0.2, -0.15) is 4.80 Å². The molecule has 0 aliphatic heterocycles. The summed E-state index contributed by atoms with van der Waals surface area (Å²) >= 11 is 0. The van der Waals surface area contributed by atoms with Gasteiger partial charge in [0.05, 0.1) is 19.2 Å². The molecule has 0 spiro atoms. The van der Waals surface area contributed by atoms with Crippen LogP contribution in [0.25, 0.3) is 11.4 Å². The largest absolute Gasteiger partial charge is 0.465 e. The molecule has 0 fully saturated rings. The Kier molecular flexibility index (Phi) is 7.12. The summed E-state index contributed by atoms with van der Waals surface area (Å²) < 4.78 is 4.77. The SMILES string of the molecule is COC(=O)c1ccc(N(C(=O)CCCn2nnc(-c3ccccc3)n2)C(C)C)c(C)c1. The van der Waals surface area contributed by atoms with Crippen molar-refractivity contribution in [2.75, 3.05) is 12.0 Å². The first-order valence-corrected chi connectivity index (χ1v) is 10.2. The van der Waals surface area contributed by atoms with Crippen molar-refractivity contribution in [1.29, 1.82) is 0 Å². The molecule has 0 saturated heterocycles. The summed E-state index contributed by atoms with van der Waals surface area (Å²) in [6.45, 7) is 6.32. The lowest BCUT2D eigenvalue weighted by Gasteiger charge is -2.28. The van der Waals surface area contributed by atoms with E-state index in [0.717, 1.165) is 16.8 Å². The minimum atomic E-state index is -0.396. The van der Waals surface area contributed by atoms with Crippen molar-refractivity contribution in [3.63, 3.8) is 0 Å². The minimum absolute atomic E-state index is 0.00677. The molecule has 0 saturated carbocycles. The van der Waals surface area contributed by atoms with E-state index in [-0.39, 0.29) is 11.9 Å². The summed E-state index contributed by atoms with van der Waals surface area (Å²) in [5, 5.41) is 12.6. The van der Waals surface area contributed by atoms with Gasteiger partial charge in [0.25, 0.3) is 0 Å². The maximum absolute atomic E-state index is 13.0. The van der Waals surface area contributed by atoms with Crippen molar-refractivity contribution in [3.8, 4) is 11.4 Å². The number of ether oxygens (including phenoxy) is 1. The second-order valence-corrected chi connectivity index (χ2v) is 7.53. The fourth-order valence-corrected chi connectivity index (χ4v) is 3.40. The molecule has 3 aromatic rings. The van der Waals surface area contributed by atoms with Crippen molar-refractivity contribution in [2.24, 2.45) is 0 Å². The van der Waals surface area contributed by atoms with Gasteiger partial charge in [-0.3, -0.25) is 4.79 Å². The molecule has 8 heteroatoms. The Morgan fingerprint density at radius 2 is 1.87 bits per heavy atom. The predicted molar refractivity (Wildman–Crippen MR) is 118 cm³/mol. The summed E-state index contributed by atoms with van der Waals surface area (Å²) in [6.07, 6.45) is 0.935. The minimum Gasteiger partial charge on any atom is -0.465 e. The number of benzene rings is 2. The molecule has 2 aromatic carbocycles. The molecule has 1 amide bonds. The summed E-state index contributed by atoms with van der Waals surface area (Å²) in [5.74, 6) is 0.177. The van der Waals surface area contributed by atoms with Crippen LogP contribution < -0.4 is 4.90 Å². The zero-order chi connectivity index (χ0) is 22.4. The first-order valence-electron chi connectivity index (χ1n) is 10.2. The third-order valence-corrected chi connectivity index (χ3v) is 4.90. The van der Waals surface area contributed by atoms with Gasteiger partial charge in [-0.05, 0) is 56.2 Å². The number of carbonyl (C=O) groups excluding carboxylic acids is 2. The average Bonchev–Trinajstić information content (AvgIpc) is 3.24. The number of aromatic nitrogens is 4.